The summed E-state index contributed by atoms with van der Waals surface area (Å²) in [6.07, 6.45) is 0. The molecule has 0 atom stereocenters. The van der Waals surface area contributed by atoms with Crippen LogP contribution in [0.25, 0.3) is 0 Å². The summed E-state index contributed by atoms with van der Waals surface area (Å²) in [5.41, 5.74) is 1.29. The van der Waals surface area contributed by atoms with Crippen LogP contribution in [0.15, 0.2) is 53.1 Å². The van der Waals surface area contributed by atoms with Crippen molar-refractivity contribution >= 4 is 11.8 Å². The molecule has 0 aliphatic carbocycles. The quantitative estimate of drug-likeness (QED) is 0.481. The zero-order valence-corrected chi connectivity index (χ0v) is 19.6. The first-order valence-corrected chi connectivity index (χ1v) is 10.8. The Balaban J connectivity index is 1.70. The lowest BCUT2D eigenvalue weighted by molar-refractivity contribution is 0.0705. The molecule has 1 aromatic heterocycles. The molecule has 0 aliphatic heterocycles. The van der Waals surface area contributed by atoms with E-state index in [-0.39, 0.29) is 36.4 Å². The highest BCUT2D eigenvalue weighted by atomic mass is 19.1. The summed E-state index contributed by atoms with van der Waals surface area (Å²) in [6.45, 7) is 4.84. The van der Waals surface area contributed by atoms with Crippen molar-refractivity contribution in [3.05, 3.63) is 76.9 Å². The molecule has 2 aromatic carbocycles. The Morgan fingerprint density at radius 1 is 1.06 bits per heavy atom. The van der Waals surface area contributed by atoms with Crippen molar-refractivity contribution in [3.63, 3.8) is 0 Å². The fourth-order valence-corrected chi connectivity index (χ4v) is 3.37. The number of benzene rings is 2. The van der Waals surface area contributed by atoms with Gasteiger partial charge in [-0.25, -0.2) is 4.39 Å². The molecule has 1 heterocycles. The van der Waals surface area contributed by atoms with Gasteiger partial charge in [0.15, 0.2) is 23.0 Å². The van der Waals surface area contributed by atoms with Gasteiger partial charge in [0.05, 0.1) is 20.8 Å². The number of carbonyl (C=O) groups excluding carboxylic acids is 2. The summed E-state index contributed by atoms with van der Waals surface area (Å²) in [7, 11) is 3.04. The van der Waals surface area contributed by atoms with Gasteiger partial charge in [0.1, 0.15) is 5.82 Å². The van der Waals surface area contributed by atoms with Crippen LogP contribution in [-0.4, -0.2) is 42.6 Å². The third-order valence-corrected chi connectivity index (χ3v) is 5.01. The van der Waals surface area contributed by atoms with Gasteiger partial charge in [0.2, 0.25) is 0 Å². The van der Waals surface area contributed by atoms with Gasteiger partial charge in [0, 0.05) is 24.7 Å². The Kier molecular flexibility index (Phi) is 8.24. The smallest absolute Gasteiger partial charge is 0.273 e. The molecule has 0 unspecified atom stereocenters. The van der Waals surface area contributed by atoms with E-state index in [0.29, 0.717) is 29.4 Å². The minimum absolute atomic E-state index is 0.0974. The lowest BCUT2D eigenvalue weighted by Crippen LogP contribution is -2.33. The van der Waals surface area contributed by atoms with Gasteiger partial charge in [-0.15, -0.1) is 0 Å². The highest BCUT2D eigenvalue weighted by molar-refractivity contribution is 5.95. The minimum atomic E-state index is -0.430. The molecule has 0 spiro atoms. The topological polar surface area (TPSA) is 93.9 Å². The average molecular weight is 470 g/mol. The van der Waals surface area contributed by atoms with Crippen LogP contribution in [0.5, 0.6) is 11.5 Å². The van der Waals surface area contributed by atoms with Gasteiger partial charge < -0.3 is 24.2 Å². The maximum atomic E-state index is 13.2. The van der Waals surface area contributed by atoms with Crippen molar-refractivity contribution in [1.29, 1.82) is 0 Å². The minimum Gasteiger partial charge on any atom is -0.493 e. The summed E-state index contributed by atoms with van der Waals surface area (Å²) < 4.78 is 28.9. The molecule has 2 amide bonds. The van der Waals surface area contributed by atoms with Crippen molar-refractivity contribution < 1.29 is 28.0 Å². The molecule has 3 rings (SSSR count). The van der Waals surface area contributed by atoms with Gasteiger partial charge in [-0.2, -0.15) is 0 Å². The molecule has 0 saturated heterocycles. The number of rotatable bonds is 10. The summed E-state index contributed by atoms with van der Waals surface area (Å²) in [5, 5.41) is 6.55. The Labute approximate surface area is 197 Å². The molecular formula is C25H28FN3O5. The Bertz CT molecular complexity index is 1130. The zero-order valence-electron chi connectivity index (χ0n) is 19.6. The van der Waals surface area contributed by atoms with Crippen LogP contribution in [0, 0.1) is 11.7 Å². The molecule has 0 radical (unpaired) electrons. The van der Waals surface area contributed by atoms with E-state index in [1.165, 1.54) is 32.4 Å². The van der Waals surface area contributed by atoms with Crippen molar-refractivity contribution in [2.45, 2.75) is 26.9 Å². The van der Waals surface area contributed by atoms with E-state index < -0.39 is 5.91 Å². The second-order valence-electron chi connectivity index (χ2n) is 8.14. The molecular weight excluding hydrogens is 441 g/mol. The van der Waals surface area contributed by atoms with E-state index in [4.69, 9.17) is 14.0 Å². The molecule has 9 heteroatoms. The number of amides is 2. The van der Waals surface area contributed by atoms with Crippen LogP contribution in [-0.2, 0) is 13.1 Å². The summed E-state index contributed by atoms with van der Waals surface area (Å²) in [6, 6.07) is 12.3. The molecule has 34 heavy (non-hydrogen) atoms. The van der Waals surface area contributed by atoms with Crippen molar-refractivity contribution in [2.24, 2.45) is 5.92 Å². The highest BCUT2D eigenvalue weighted by Crippen LogP contribution is 2.28. The van der Waals surface area contributed by atoms with E-state index in [0.717, 1.165) is 5.56 Å². The van der Waals surface area contributed by atoms with Gasteiger partial charge in [-0.05, 0) is 41.8 Å². The average Bonchev–Trinajstić information content (AvgIpc) is 3.30. The maximum absolute atomic E-state index is 13.2. The Hall–Kier alpha value is -3.88. The molecule has 0 bridgehead atoms. The zero-order chi connectivity index (χ0) is 24.7. The van der Waals surface area contributed by atoms with Gasteiger partial charge in [-0.1, -0.05) is 31.1 Å². The summed E-state index contributed by atoms with van der Waals surface area (Å²) in [5.74, 6) is 0.574. The standard InChI is InChI=1S/C25H28FN3O5/c1-16(2)14-29(25(31)18-7-10-22(32-3)23(11-18)33-4)15-20-12-21(28-34-20)24(30)27-13-17-5-8-19(26)9-6-17/h5-12,16H,13-15H2,1-4H3,(H,27,30). The van der Waals surface area contributed by atoms with Crippen LogP contribution in [0.1, 0.15) is 46.0 Å². The van der Waals surface area contributed by atoms with Crippen molar-refractivity contribution in [1.82, 2.24) is 15.4 Å². The number of nitrogens with zero attached hydrogens (tertiary/aromatic N) is 2. The third kappa shape index (κ3) is 6.34. The van der Waals surface area contributed by atoms with Crippen molar-refractivity contribution in [3.8, 4) is 11.5 Å². The monoisotopic (exact) mass is 469 g/mol. The molecule has 180 valence electrons. The fraction of sp³-hybridized carbons (Fsp3) is 0.320. The number of ether oxygens (including phenoxy) is 2. The molecule has 0 saturated carbocycles. The normalized spacial score (nSPS) is 10.8. The van der Waals surface area contributed by atoms with E-state index in [1.807, 2.05) is 13.8 Å². The second-order valence-corrected chi connectivity index (χ2v) is 8.14. The first-order chi connectivity index (χ1) is 16.3. The number of nitrogens with one attached hydrogen (secondary N) is 1. The van der Waals surface area contributed by atoms with Crippen LogP contribution >= 0.6 is 0 Å². The number of aromatic nitrogens is 1. The van der Waals surface area contributed by atoms with E-state index in [9.17, 15) is 14.0 Å². The fourth-order valence-electron chi connectivity index (χ4n) is 3.37. The highest BCUT2D eigenvalue weighted by Gasteiger charge is 2.22. The van der Waals surface area contributed by atoms with Crippen LogP contribution in [0.3, 0.4) is 0 Å². The number of hydrogen-bond donors (Lipinski definition) is 1. The number of methoxy groups -OCH3 is 2. The molecule has 0 aliphatic rings. The van der Waals surface area contributed by atoms with Gasteiger partial charge in [0.25, 0.3) is 11.8 Å². The summed E-state index contributed by atoms with van der Waals surface area (Å²) >= 11 is 0. The first kappa shape index (κ1) is 24.8. The SMILES string of the molecule is COc1ccc(C(=O)N(Cc2cc(C(=O)NCc3ccc(F)cc3)no2)CC(C)C)cc1OC. The van der Waals surface area contributed by atoms with Gasteiger partial charge >= 0.3 is 0 Å². The lowest BCUT2D eigenvalue weighted by Gasteiger charge is -2.24. The lowest BCUT2D eigenvalue weighted by atomic mass is 10.1. The third-order valence-electron chi connectivity index (χ3n) is 5.01. The second kappa shape index (κ2) is 11.3. The molecule has 0 fully saturated rings. The predicted molar refractivity (Wildman–Crippen MR) is 123 cm³/mol. The van der Waals surface area contributed by atoms with Crippen LogP contribution < -0.4 is 14.8 Å². The van der Waals surface area contributed by atoms with E-state index in [1.54, 1.807) is 35.2 Å². The van der Waals surface area contributed by atoms with E-state index in [2.05, 4.69) is 10.5 Å². The van der Waals surface area contributed by atoms with E-state index >= 15 is 0 Å². The summed E-state index contributed by atoms with van der Waals surface area (Å²) in [4.78, 5) is 27.3. The Morgan fingerprint density at radius 2 is 1.76 bits per heavy atom. The predicted octanol–water partition coefficient (Wildman–Crippen LogP) is 4.06. The van der Waals surface area contributed by atoms with Crippen LogP contribution in [0.4, 0.5) is 4.39 Å². The largest absolute Gasteiger partial charge is 0.493 e. The molecule has 1 N–H and O–H groups in total. The van der Waals surface area contributed by atoms with Gasteiger partial charge in [-0.3, -0.25) is 9.59 Å². The number of carbonyl (C=O) groups is 2. The Morgan fingerprint density at radius 3 is 2.41 bits per heavy atom. The maximum Gasteiger partial charge on any atom is 0.273 e. The van der Waals surface area contributed by atoms with Crippen molar-refractivity contribution in [2.75, 3.05) is 20.8 Å². The first-order valence-electron chi connectivity index (χ1n) is 10.8. The number of hydrogen-bond acceptors (Lipinski definition) is 6. The molecule has 8 nitrogen and oxygen atoms in total. The number of halogens is 1. The van der Waals surface area contributed by atoms with Crippen LogP contribution in [0.2, 0.25) is 0 Å². The molecule has 3 aromatic rings.